The molecule has 3 N–H and O–H groups in total. The number of benzene rings is 1. The summed E-state index contributed by atoms with van der Waals surface area (Å²) in [7, 11) is 0. The molecule has 1 heterocycles. The van der Waals surface area contributed by atoms with E-state index in [0.717, 1.165) is 15.5 Å². The van der Waals surface area contributed by atoms with E-state index in [1.54, 1.807) is 6.07 Å². The molecular formula is C11H11FN4S. The highest BCUT2D eigenvalue weighted by molar-refractivity contribution is 7.99. The third-order valence-corrected chi connectivity index (χ3v) is 3.28. The summed E-state index contributed by atoms with van der Waals surface area (Å²) in [6, 6.07) is 6.35. The zero-order chi connectivity index (χ0) is 12.3. The second-order valence-corrected chi connectivity index (χ2v) is 4.42. The Morgan fingerprint density at radius 2 is 2.18 bits per heavy atom. The highest BCUT2D eigenvalue weighted by Crippen LogP contribution is 2.30. The van der Waals surface area contributed by atoms with Crippen LogP contribution < -0.4 is 11.3 Å². The number of halogens is 1. The SMILES string of the molecule is Cc1c(NN)ncnc1Sc1cccc(F)c1. The summed E-state index contributed by atoms with van der Waals surface area (Å²) in [4.78, 5) is 8.91. The van der Waals surface area contributed by atoms with Crippen LogP contribution in [0.4, 0.5) is 10.2 Å². The van der Waals surface area contributed by atoms with Gasteiger partial charge in [0.2, 0.25) is 0 Å². The molecule has 0 unspecified atom stereocenters. The van der Waals surface area contributed by atoms with E-state index in [0.29, 0.717) is 5.82 Å². The molecule has 0 aliphatic carbocycles. The molecule has 0 saturated carbocycles. The third-order valence-electron chi connectivity index (χ3n) is 2.19. The van der Waals surface area contributed by atoms with Crippen LogP contribution in [-0.2, 0) is 0 Å². The van der Waals surface area contributed by atoms with Crippen molar-refractivity contribution in [1.82, 2.24) is 9.97 Å². The van der Waals surface area contributed by atoms with Gasteiger partial charge in [-0.3, -0.25) is 0 Å². The maximum atomic E-state index is 13.0. The molecule has 0 spiro atoms. The summed E-state index contributed by atoms with van der Waals surface area (Å²) in [5.74, 6) is 5.63. The molecule has 4 nitrogen and oxygen atoms in total. The average molecular weight is 250 g/mol. The predicted octanol–water partition coefficient (Wildman–Crippen LogP) is 2.36. The van der Waals surface area contributed by atoms with Gasteiger partial charge in [-0.2, -0.15) is 0 Å². The monoisotopic (exact) mass is 250 g/mol. The van der Waals surface area contributed by atoms with Gasteiger partial charge in [0.25, 0.3) is 0 Å². The lowest BCUT2D eigenvalue weighted by Crippen LogP contribution is -2.10. The number of hydrazine groups is 1. The molecule has 17 heavy (non-hydrogen) atoms. The Morgan fingerprint density at radius 1 is 1.35 bits per heavy atom. The van der Waals surface area contributed by atoms with Crippen molar-refractivity contribution in [3.05, 3.63) is 42.0 Å². The van der Waals surface area contributed by atoms with E-state index < -0.39 is 0 Å². The minimum absolute atomic E-state index is 0.265. The van der Waals surface area contributed by atoms with Gasteiger partial charge in [-0.25, -0.2) is 20.2 Å². The number of nitrogens with zero attached hydrogens (tertiary/aromatic N) is 2. The van der Waals surface area contributed by atoms with Crippen LogP contribution in [0.3, 0.4) is 0 Å². The molecule has 6 heteroatoms. The van der Waals surface area contributed by atoms with Crippen molar-refractivity contribution in [1.29, 1.82) is 0 Å². The quantitative estimate of drug-likeness (QED) is 0.497. The molecule has 2 rings (SSSR count). The molecule has 1 aromatic carbocycles. The lowest BCUT2D eigenvalue weighted by molar-refractivity contribution is 0.624. The van der Waals surface area contributed by atoms with Crippen molar-refractivity contribution in [2.24, 2.45) is 5.84 Å². The molecule has 88 valence electrons. The van der Waals surface area contributed by atoms with Gasteiger partial charge < -0.3 is 5.43 Å². The van der Waals surface area contributed by atoms with E-state index in [1.807, 2.05) is 13.0 Å². The van der Waals surface area contributed by atoms with Crippen molar-refractivity contribution in [2.75, 3.05) is 5.43 Å². The fourth-order valence-electron chi connectivity index (χ4n) is 1.32. The van der Waals surface area contributed by atoms with E-state index >= 15 is 0 Å². The van der Waals surface area contributed by atoms with Crippen LogP contribution >= 0.6 is 11.8 Å². The maximum absolute atomic E-state index is 13.0. The fraction of sp³-hybridized carbons (Fsp3) is 0.0909. The highest BCUT2D eigenvalue weighted by Gasteiger charge is 2.07. The van der Waals surface area contributed by atoms with Crippen molar-refractivity contribution in [3.63, 3.8) is 0 Å². The van der Waals surface area contributed by atoms with Gasteiger partial charge in [0.05, 0.1) is 0 Å². The molecule has 0 bridgehead atoms. The van der Waals surface area contributed by atoms with Crippen LogP contribution in [-0.4, -0.2) is 9.97 Å². The Balaban J connectivity index is 2.30. The number of nitrogen functional groups attached to an aromatic ring is 1. The maximum Gasteiger partial charge on any atom is 0.147 e. The first-order chi connectivity index (χ1) is 8.20. The lowest BCUT2D eigenvalue weighted by Gasteiger charge is -2.07. The molecule has 0 aliphatic heterocycles. The fourth-order valence-corrected chi connectivity index (χ4v) is 2.22. The number of anilines is 1. The Bertz CT molecular complexity index is 533. The molecular weight excluding hydrogens is 239 g/mol. The number of hydrogen-bond acceptors (Lipinski definition) is 5. The number of nitrogens with one attached hydrogen (secondary N) is 1. The van der Waals surface area contributed by atoms with E-state index in [9.17, 15) is 4.39 Å². The van der Waals surface area contributed by atoms with Crippen molar-refractivity contribution in [2.45, 2.75) is 16.8 Å². The van der Waals surface area contributed by atoms with Crippen molar-refractivity contribution in [3.8, 4) is 0 Å². The van der Waals surface area contributed by atoms with E-state index in [-0.39, 0.29) is 5.82 Å². The first-order valence-electron chi connectivity index (χ1n) is 4.92. The number of aromatic nitrogens is 2. The zero-order valence-corrected chi connectivity index (χ0v) is 9.96. The number of hydrogen-bond donors (Lipinski definition) is 2. The Morgan fingerprint density at radius 3 is 2.88 bits per heavy atom. The molecule has 0 fully saturated rings. The third kappa shape index (κ3) is 2.72. The molecule has 1 aromatic heterocycles. The Hall–Kier alpha value is -1.66. The summed E-state index contributed by atoms with van der Waals surface area (Å²) < 4.78 is 13.0. The number of nitrogens with two attached hydrogens (primary N) is 1. The van der Waals surface area contributed by atoms with Crippen LogP contribution in [0.5, 0.6) is 0 Å². The molecule has 2 aromatic rings. The van der Waals surface area contributed by atoms with E-state index in [1.165, 1.54) is 30.2 Å². The average Bonchev–Trinajstić information content (AvgIpc) is 2.32. The van der Waals surface area contributed by atoms with Crippen molar-refractivity contribution < 1.29 is 4.39 Å². The van der Waals surface area contributed by atoms with E-state index in [2.05, 4.69) is 15.4 Å². The second kappa shape index (κ2) is 5.11. The molecule has 0 radical (unpaired) electrons. The zero-order valence-electron chi connectivity index (χ0n) is 9.14. The van der Waals surface area contributed by atoms with Crippen LogP contribution in [0.1, 0.15) is 5.56 Å². The summed E-state index contributed by atoms with van der Waals surface area (Å²) in [5, 5.41) is 0.749. The van der Waals surface area contributed by atoms with E-state index in [4.69, 9.17) is 5.84 Å². The summed E-state index contributed by atoms with van der Waals surface area (Å²) in [6.45, 7) is 1.86. The van der Waals surface area contributed by atoms with Gasteiger partial charge in [0.1, 0.15) is 23.0 Å². The largest absolute Gasteiger partial charge is 0.308 e. The van der Waals surface area contributed by atoms with Crippen molar-refractivity contribution >= 4 is 17.6 Å². The second-order valence-electron chi connectivity index (χ2n) is 3.36. The van der Waals surface area contributed by atoms with Crippen LogP contribution in [0.25, 0.3) is 0 Å². The Labute approximate surface area is 102 Å². The first kappa shape index (κ1) is 11.8. The van der Waals surface area contributed by atoms with Crippen LogP contribution in [0.2, 0.25) is 0 Å². The minimum Gasteiger partial charge on any atom is -0.308 e. The first-order valence-corrected chi connectivity index (χ1v) is 5.74. The predicted molar refractivity (Wildman–Crippen MR) is 65.1 cm³/mol. The minimum atomic E-state index is -0.265. The summed E-state index contributed by atoms with van der Waals surface area (Å²) >= 11 is 1.37. The molecule has 0 amide bonds. The van der Waals surface area contributed by atoms with Crippen LogP contribution in [0.15, 0.2) is 40.5 Å². The van der Waals surface area contributed by atoms with Gasteiger partial charge >= 0.3 is 0 Å². The summed E-state index contributed by atoms with van der Waals surface area (Å²) in [6.07, 6.45) is 1.42. The summed E-state index contributed by atoms with van der Waals surface area (Å²) in [5.41, 5.74) is 3.33. The number of rotatable bonds is 3. The van der Waals surface area contributed by atoms with Gasteiger partial charge in [-0.15, -0.1) is 0 Å². The van der Waals surface area contributed by atoms with Crippen LogP contribution in [0, 0.1) is 12.7 Å². The molecule has 0 saturated heterocycles. The van der Waals surface area contributed by atoms with Gasteiger partial charge in [0.15, 0.2) is 0 Å². The Kier molecular flexibility index (Phi) is 3.55. The lowest BCUT2D eigenvalue weighted by atomic mass is 10.3. The smallest absolute Gasteiger partial charge is 0.147 e. The van der Waals surface area contributed by atoms with Gasteiger partial charge in [-0.1, -0.05) is 17.8 Å². The molecule has 0 aliphatic rings. The topological polar surface area (TPSA) is 63.8 Å². The standard InChI is InChI=1S/C11H11FN4S/c1-7-10(16-13)14-6-15-11(7)17-9-4-2-3-8(12)5-9/h2-6H,13H2,1H3,(H,14,15,16). The highest BCUT2D eigenvalue weighted by atomic mass is 32.2. The van der Waals surface area contributed by atoms with Gasteiger partial charge in [-0.05, 0) is 25.1 Å². The molecule has 0 atom stereocenters. The normalized spacial score (nSPS) is 10.3. The van der Waals surface area contributed by atoms with Gasteiger partial charge in [0, 0.05) is 10.5 Å².